The topological polar surface area (TPSA) is 50.2 Å². The van der Waals surface area contributed by atoms with Crippen LogP contribution >= 0.6 is 15.9 Å². The minimum Gasteiger partial charge on any atom is -0.481 e. The standard InChI is InChI=1S/C15H16BrNO2/c1-9(2)8-12(15(18)19)14-11-4-3-5-13(16)10(11)6-7-17-14/h3-7,9,12H,8H2,1-2H3,(H,18,19). The monoisotopic (exact) mass is 321 g/mol. The molecule has 0 amide bonds. The smallest absolute Gasteiger partial charge is 0.312 e. The van der Waals surface area contributed by atoms with Gasteiger partial charge in [-0.05, 0) is 29.9 Å². The highest BCUT2D eigenvalue weighted by Crippen LogP contribution is 2.31. The van der Waals surface area contributed by atoms with Gasteiger partial charge in [-0.1, -0.05) is 41.9 Å². The summed E-state index contributed by atoms with van der Waals surface area (Å²) in [7, 11) is 0. The van der Waals surface area contributed by atoms with Crippen LogP contribution in [0.3, 0.4) is 0 Å². The molecule has 0 saturated heterocycles. The van der Waals surface area contributed by atoms with Crippen LogP contribution in [0.4, 0.5) is 0 Å². The van der Waals surface area contributed by atoms with Crippen LogP contribution in [0.25, 0.3) is 10.8 Å². The van der Waals surface area contributed by atoms with Crippen LogP contribution in [-0.2, 0) is 4.79 Å². The van der Waals surface area contributed by atoms with E-state index in [4.69, 9.17) is 0 Å². The molecule has 0 saturated carbocycles. The quantitative estimate of drug-likeness (QED) is 0.917. The lowest BCUT2D eigenvalue weighted by molar-refractivity contribution is -0.139. The van der Waals surface area contributed by atoms with Crippen molar-refractivity contribution in [3.05, 3.63) is 40.6 Å². The number of carboxylic acid groups (broad SMARTS) is 1. The second-order valence-corrected chi connectivity index (χ2v) is 5.91. The average molecular weight is 322 g/mol. The number of nitrogens with zero attached hydrogens (tertiary/aromatic N) is 1. The Labute approximate surface area is 120 Å². The second-order valence-electron chi connectivity index (χ2n) is 5.05. The number of carboxylic acids is 1. The first-order valence-corrected chi connectivity index (χ1v) is 7.06. The van der Waals surface area contributed by atoms with E-state index in [0.717, 1.165) is 15.2 Å². The first kappa shape index (κ1) is 14.0. The molecule has 1 heterocycles. The Hall–Kier alpha value is -1.42. The molecule has 0 fully saturated rings. The summed E-state index contributed by atoms with van der Waals surface area (Å²) in [5, 5.41) is 11.4. The van der Waals surface area contributed by atoms with Gasteiger partial charge in [0.05, 0.1) is 11.6 Å². The molecule has 100 valence electrons. The number of aliphatic carboxylic acids is 1. The van der Waals surface area contributed by atoms with Gasteiger partial charge in [0.2, 0.25) is 0 Å². The van der Waals surface area contributed by atoms with Crippen molar-refractivity contribution in [2.24, 2.45) is 5.92 Å². The SMILES string of the molecule is CC(C)CC(C(=O)O)c1nccc2c(Br)cccc12. The number of aromatic nitrogens is 1. The van der Waals surface area contributed by atoms with Gasteiger partial charge in [0.25, 0.3) is 0 Å². The van der Waals surface area contributed by atoms with Crippen LogP contribution in [0, 0.1) is 5.92 Å². The van der Waals surface area contributed by atoms with E-state index in [9.17, 15) is 9.90 Å². The van der Waals surface area contributed by atoms with Crippen molar-refractivity contribution in [2.45, 2.75) is 26.2 Å². The van der Waals surface area contributed by atoms with Gasteiger partial charge in [-0.15, -0.1) is 0 Å². The number of hydrogen-bond donors (Lipinski definition) is 1. The van der Waals surface area contributed by atoms with Gasteiger partial charge in [0.1, 0.15) is 0 Å². The van der Waals surface area contributed by atoms with Crippen LogP contribution < -0.4 is 0 Å². The van der Waals surface area contributed by atoms with Gasteiger partial charge in [0, 0.05) is 16.1 Å². The van der Waals surface area contributed by atoms with Crippen molar-refractivity contribution in [2.75, 3.05) is 0 Å². The average Bonchev–Trinajstić information content (AvgIpc) is 2.35. The van der Waals surface area contributed by atoms with E-state index in [1.807, 2.05) is 38.1 Å². The summed E-state index contributed by atoms with van der Waals surface area (Å²) in [4.78, 5) is 15.8. The van der Waals surface area contributed by atoms with Crippen molar-refractivity contribution in [1.82, 2.24) is 4.98 Å². The number of benzene rings is 1. The minimum absolute atomic E-state index is 0.310. The van der Waals surface area contributed by atoms with E-state index in [-0.39, 0.29) is 0 Å². The lowest BCUT2D eigenvalue weighted by Crippen LogP contribution is -2.15. The molecular formula is C15H16BrNO2. The maximum atomic E-state index is 11.5. The lowest BCUT2D eigenvalue weighted by atomic mass is 9.91. The maximum Gasteiger partial charge on any atom is 0.312 e. The first-order chi connectivity index (χ1) is 9.00. The minimum atomic E-state index is -0.811. The third-order valence-corrected chi connectivity index (χ3v) is 3.81. The Balaban J connectivity index is 2.60. The molecule has 4 heteroatoms. The predicted octanol–water partition coefficient (Wildman–Crippen LogP) is 4.21. The van der Waals surface area contributed by atoms with Crippen LogP contribution in [0.2, 0.25) is 0 Å². The Bertz CT molecular complexity index is 610. The highest BCUT2D eigenvalue weighted by molar-refractivity contribution is 9.10. The molecule has 1 aromatic heterocycles. The molecule has 0 radical (unpaired) electrons. The van der Waals surface area contributed by atoms with Crippen molar-refractivity contribution in [1.29, 1.82) is 0 Å². The molecule has 0 aliphatic heterocycles. The molecule has 0 bridgehead atoms. The Kier molecular flexibility index (Phi) is 4.20. The second kappa shape index (κ2) is 5.70. The lowest BCUT2D eigenvalue weighted by Gasteiger charge is -2.16. The highest BCUT2D eigenvalue weighted by atomic mass is 79.9. The molecule has 0 aliphatic rings. The fraction of sp³-hybridized carbons (Fsp3) is 0.333. The fourth-order valence-electron chi connectivity index (χ4n) is 2.27. The third-order valence-electron chi connectivity index (χ3n) is 3.12. The van der Waals surface area contributed by atoms with Crippen LogP contribution in [0.5, 0.6) is 0 Å². The molecule has 2 aromatic rings. The van der Waals surface area contributed by atoms with Gasteiger partial charge >= 0.3 is 5.97 Å². The van der Waals surface area contributed by atoms with Crippen LogP contribution in [0.15, 0.2) is 34.9 Å². The van der Waals surface area contributed by atoms with E-state index in [2.05, 4.69) is 20.9 Å². The van der Waals surface area contributed by atoms with E-state index in [1.165, 1.54) is 0 Å². The van der Waals surface area contributed by atoms with Crippen LogP contribution in [-0.4, -0.2) is 16.1 Å². The number of carbonyl (C=O) groups is 1. The normalized spacial score (nSPS) is 12.8. The summed E-state index contributed by atoms with van der Waals surface area (Å²) in [6.07, 6.45) is 2.27. The molecule has 2 rings (SSSR count). The molecule has 1 aromatic carbocycles. The first-order valence-electron chi connectivity index (χ1n) is 6.26. The van der Waals surface area contributed by atoms with Crippen molar-refractivity contribution in [3.8, 4) is 0 Å². The molecular weight excluding hydrogens is 306 g/mol. The summed E-state index contributed by atoms with van der Waals surface area (Å²) in [6, 6.07) is 7.69. The predicted molar refractivity (Wildman–Crippen MR) is 79.3 cm³/mol. The zero-order valence-corrected chi connectivity index (χ0v) is 12.5. The van der Waals surface area contributed by atoms with E-state index in [1.54, 1.807) is 6.20 Å². The summed E-state index contributed by atoms with van der Waals surface area (Å²) in [6.45, 7) is 4.05. The van der Waals surface area contributed by atoms with Gasteiger partial charge in [-0.25, -0.2) is 0 Å². The number of fused-ring (bicyclic) bond motifs is 1. The van der Waals surface area contributed by atoms with E-state index in [0.29, 0.717) is 18.0 Å². The largest absolute Gasteiger partial charge is 0.481 e. The van der Waals surface area contributed by atoms with Gasteiger partial charge in [0.15, 0.2) is 0 Å². The zero-order valence-electron chi connectivity index (χ0n) is 10.9. The third kappa shape index (κ3) is 2.95. The summed E-state index contributed by atoms with van der Waals surface area (Å²) in [5.74, 6) is -1.06. The van der Waals surface area contributed by atoms with Crippen molar-refractivity contribution in [3.63, 3.8) is 0 Å². The molecule has 19 heavy (non-hydrogen) atoms. The van der Waals surface area contributed by atoms with Crippen molar-refractivity contribution < 1.29 is 9.90 Å². The van der Waals surface area contributed by atoms with E-state index >= 15 is 0 Å². The Morgan fingerprint density at radius 2 is 2.05 bits per heavy atom. The summed E-state index contributed by atoms with van der Waals surface area (Å²) >= 11 is 3.49. The van der Waals surface area contributed by atoms with Gasteiger partial charge in [-0.3, -0.25) is 9.78 Å². The molecule has 1 N–H and O–H groups in total. The Morgan fingerprint density at radius 1 is 1.32 bits per heavy atom. The molecule has 0 spiro atoms. The summed E-state index contributed by atoms with van der Waals surface area (Å²) in [5.41, 5.74) is 0.653. The number of hydrogen-bond acceptors (Lipinski definition) is 2. The highest BCUT2D eigenvalue weighted by Gasteiger charge is 2.24. The van der Waals surface area contributed by atoms with Crippen molar-refractivity contribution >= 4 is 32.7 Å². The number of rotatable bonds is 4. The van der Waals surface area contributed by atoms with Gasteiger partial charge < -0.3 is 5.11 Å². The number of pyridine rings is 1. The Morgan fingerprint density at radius 3 is 2.68 bits per heavy atom. The zero-order chi connectivity index (χ0) is 14.0. The fourth-order valence-corrected chi connectivity index (χ4v) is 2.77. The van der Waals surface area contributed by atoms with E-state index < -0.39 is 11.9 Å². The number of halogens is 1. The summed E-state index contributed by atoms with van der Waals surface area (Å²) < 4.78 is 0.960. The molecule has 1 atom stereocenters. The van der Waals surface area contributed by atoms with Gasteiger partial charge in [-0.2, -0.15) is 0 Å². The molecule has 3 nitrogen and oxygen atoms in total. The molecule has 0 aliphatic carbocycles. The maximum absolute atomic E-state index is 11.5. The molecule has 1 unspecified atom stereocenters. The van der Waals surface area contributed by atoms with Crippen LogP contribution in [0.1, 0.15) is 31.9 Å².